The third-order valence-corrected chi connectivity index (χ3v) is 7.60. The van der Waals surface area contributed by atoms with Gasteiger partial charge in [-0.05, 0) is 55.2 Å². The summed E-state index contributed by atoms with van der Waals surface area (Å²) in [6.07, 6.45) is 8.74. The molecule has 0 spiro atoms. The van der Waals surface area contributed by atoms with E-state index >= 15 is 0 Å². The highest BCUT2D eigenvalue weighted by Crippen LogP contribution is 2.43. The number of pyridine rings is 1. The number of aromatic amines is 1. The fourth-order valence-electron chi connectivity index (χ4n) is 4.81. The number of H-pyrrole nitrogens is 1. The first-order valence-electron chi connectivity index (χ1n) is 12.1. The second-order valence-corrected chi connectivity index (χ2v) is 10.5. The van der Waals surface area contributed by atoms with Crippen molar-refractivity contribution >= 4 is 22.6 Å². The largest absolute Gasteiger partial charge is 0.342 e. The number of imidazole rings is 1. The second-order valence-electron chi connectivity index (χ2n) is 9.71. The molecule has 2 N–H and O–H groups in total. The Morgan fingerprint density at radius 1 is 1.12 bits per heavy atom. The van der Waals surface area contributed by atoms with Gasteiger partial charge in [0.1, 0.15) is 5.82 Å². The van der Waals surface area contributed by atoms with Gasteiger partial charge in [0, 0.05) is 62.3 Å². The molecule has 3 aromatic heterocycles. The number of halogens is 1. The predicted octanol–water partition coefficient (Wildman–Crippen LogP) is 4.15. The number of aromatic nitrogens is 5. The molecular weight excluding hydrogens is 446 g/mol. The SMILES string of the molecule is CC(c1ccnc(Cc2nc3ccc(-c4cnn(CC5(Cl)CC5)c4)cc3[nH]2)c1)N1CCNCC1. The fraction of sp³-hybridized carbons (Fsp3) is 0.423. The van der Waals surface area contributed by atoms with Gasteiger partial charge in [0.2, 0.25) is 0 Å². The Hall–Kier alpha value is -2.74. The smallest absolute Gasteiger partial charge is 0.113 e. The molecule has 2 fully saturated rings. The molecule has 2 aliphatic rings. The van der Waals surface area contributed by atoms with E-state index in [0.29, 0.717) is 12.5 Å². The van der Waals surface area contributed by atoms with Crippen molar-refractivity contribution < 1.29 is 0 Å². The molecule has 1 aliphatic heterocycles. The normalized spacial score (nSPS) is 18.9. The van der Waals surface area contributed by atoms with Crippen molar-refractivity contribution in [3.05, 3.63) is 66.0 Å². The summed E-state index contributed by atoms with van der Waals surface area (Å²) in [7, 11) is 0. The van der Waals surface area contributed by atoms with E-state index in [4.69, 9.17) is 16.6 Å². The van der Waals surface area contributed by atoms with Crippen LogP contribution < -0.4 is 5.32 Å². The molecule has 6 rings (SSSR count). The molecule has 1 saturated heterocycles. The van der Waals surface area contributed by atoms with Crippen LogP contribution in [0.2, 0.25) is 0 Å². The highest BCUT2D eigenvalue weighted by Gasteiger charge is 2.41. The number of alkyl halides is 1. The number of nitrogens with one attached hydrogen (secondary N) is 2. The number of hydrogen-bond acceptors (Lipinski definition) is 5. The van der Waals surface area contributed by atoms with Crippen molar-refractivity contribution in [1.82, 2.24) is 34.9 Å². The number of fused-ring (bicyclic) bond motifs is 1. The van der Waals surface area contributed by atoms with E-state index in [1.165, 1.54) is 5.56 Å². The Balaban J connectivity index is 1.19. The standard InChI is InChI=1S/C26H30ClN7/c1-18(33-10-8-28-9-11-33)19-4-7-29-22(12-19)14-25-31-23-3-2-20(13-24(23)32-25)21-15-30-34(16-21)17-26(27)5-6-26/h2-4,7,12-13,15-16,18,28H,5-6,8-11,14,17H2,1H3,(H,31,32). The molecule has 34 heavy (non-hydrogen) atoms. The molecular formula is C26H30ClN7. The minimum Gasteiger partial charge on any atom is -0.342 e. The maximum Gasteiger partial charge on any atom is 0.113 e. The number of rotatable bonds is 7. The highest BCUT2D eigenvalue weighted by molar-refractivity contribution is 6.25. The number of nitrogens with zero attached hydrogens (tertiary/aromatic N) is 5. The number of benzene rings is 1. The quantitative estimate of drug-likeness (QED) is 0.393. The molecule has 0 radical (unpaired) electrons. The van der Waals surface area contributed by atoms with Crippen LogP contribution in [0, 0.1) is 0 Å². The maximum absolute atomic E-state index is 6.46. The van der Waals surface area contributed by atoms with Crippen LogP contribution in [0.25, 0.3) is 22.2 Å². The minimum atomic E-state index is -0.0837. The summed E-state index contributed by atoms with van der Waals surface area (Å²) in [5.41, 5.74) is 6.56. The molecule has 0 bridgehead atoms. The van der Waals surface area contributed by atoms with Crippen molar-refractivity contribution in [2.24, 2.45) is 0 Å². The van der Waals surface area contributed by atoms with E-state index in [1.54, 1.807) is 0 Å². The second kappa shape index (κ2) is 8.80. The predicted molar refractivity (Wildman–Crippen MR) is 135 cm³/mol. The monoisotopic (exact) mass is 475 g/mol. The third kappa shape index (κ3) is 4.60. The van der Waals surface area contributed by atoms with E-state index in [2.05, 4.69) is 68.7 Å². The van der Waals surface area contributed by atoms with Gasteiger partial charge in [0.25, 0.3) is 0 Å². The molecule has 1 aliphatic carbocycles. The molecule has 1 aromatic carbocycles. The zero-order valence-electron chi connectivity index (χ0n) is 19.5. The van der Waals surface area contributed by atoms with Crippen LogP contribution in [0.1, 0.15) is 42.9 Å². The number of piperazine rings is 1. The van der Waals surface area contributed by atoms with Crippen LogP contribution in [-0.4, -0.2) is 60.7 Å². The molecule has 1 unspecified atom stereocenters. The van der Waals surface area contributed by atoms with Crippen LogP contribution in [0.5, 0.6) is 0 Å². The van der Waals surface area contributed by atoms with Crippen molar-refractivity contribution in [3.63, 3.8) is 0 Å². The van der Waals surface area contributed by atoms with Crippen LogP contribution in [0.4, 0.5) is 0 Å². The Morgan fingerprint density at radius 3 is 2.79 bits per heavy atom. The van der Waals surface area contributed by atoms with Crippen LogP contribution in [0.3, 0.4) is 0 Å². The van der Waals surface area contributed by atoms with Crippen LogP contribution in [-0.2, 0) is 13.0 Å². The average molecular weight is 476 g/mol. The molecule has 4 aromatic rings. The van der Waals surface area contributed by atoms with Gasteiger partial charge in [-0.15, -0.1) is 11.6 Å². The summed E-state index contributed by atoms with van der Waals surface area (Å²) >= 11 is 6.46. The van der Waals surface area contributed by atoms with Crippen molar-refractivity contribution in [2.75, 3.05) is 26.2 Å². The van der Waals surface area contributed by atoms with Gasteiger partial charge in [0.05, 0.1) is 28.6 Å². The van der Waals surface area contributed by atoms with Gasteiger partial charge in [-0.25, -0.2) is 4.98 Å². The Labute approximate surface area is 204 Å². The summed E-state index contributed by atoms with van der Waals surface area (Å²) in [4.78, 5) is 15.4. The van der Waals surface area contributed by atoms with Crippen molar-refractivity contribution in [1.29, 1.82) is 0 Å². The zero-order valence-corrected chi connectivity index (χ0v) is 20.2. The number of hydrogen-bond donors (Lipinski definition) is 2. The van der Waals surface area contributed by atoms with Gasteiger partial charge in [0.15, 0.2) is 0 Å². The molecule has 4 heterocycles. The van der Waals surface area contributed by atoms with Gasteiger partial charge >= 0.3 is 0 Å². The molecule has 1 saturated carbocycles. The maximum atomic E-state index is 6.46. The lowest BCUT2D eigenvalue weighted by Gasteiger charge is -2.33. The lowest BCUT2D eigenvalue weighted by atomic mass is 10.1. The summed E-state index contributed by atoms with van der Waals surface area (Å²) in [5.74, 6) is 0.931. The highest BCUT2D eigenvalue weighted by atomic mass is 35.5. The van der Waals surface area contributed by atoms with E-state index in [9.17, 15) is 0 Å². The van der Waals surface area contributed by atoms with Crippen molar-refractivity contribution in [3.8, 4) is 11.1 Å². The fourth-order valence-corrected chi connectivity index (χ4v) is 5.03. The molecule has 176 valence electrons. The molecule has 8 heteroatoms. The Bertz CT molecular complexity index is 1300. The van der Waals surface area contributed by atoms with Gasteiger partial charge in [-0.2, -0.15) is 5.10 Å². The topological polar surface area (TPSA) is 74.7 Å². The van der Waals surface area contributed by atoms with Gasteiger partial charge in [-0.1, -0.05) is 6.07 Å². The first kappa shape index (κ1) is 21.8. The molecule has 0 amide bonds. The summed E-state index contributed by atoms with van der Waals surface area (Å²) in [6.45, 7) is 7.32. The Kier molecular flexibility index (Phi) is 5.63. The van der Waals surface area contributed by atoms with Gasteiger partial charge < -0.3 is 10.3 Å². The lowest BCUT2D eigenvalue weighted by molar-refractivity contribution is 0.185. The zero-order chi connectivity index (χ0) is 23.1. The van der Waals surface area contributed by atoms with Crippen molar-refractivity contribution in [2.45, 2.75) is 43.6 Å². The summed E-state index contributed by atoms with van der Waals surface area (Å²) < 4.78 is 1.96. The summed E-state index contributed by atoms with van der Waals surface area (Å²) in [5, 5.41) is 7.93. The van der Waals surface area contributed by atoms with Gasteiger partial charge in [-0.3, -0.25) is 14.6 Å². The van der Waals surface area contributed by atoms with Crippen LogP contribution in [0.15, 0.2) is 48.9 Å². The van der Waals surface area contributed by atoms with Crippen LogP contribution >= 0.6 is 11.6 Å². The third-order valence-electron chi connectivity index (χ3n) is 7.11. The molecule has 7 nitrogen and oxygen atoms in total. The molecule has 1 atom stereocenters. The average Bonchev–Trinajstić information content (AvgIpc) is 3.22. The van der Waals surface area contributed by atoms with E-state index in [0.717, 1.165) is 79.2 Å². The van der Waals surface area contributed by atoms with E-state index in [-0.39, 0.29) is 4.87 Å². The van der Waals surface area contributed by atoms with E-state index in [1.807, 2.05) is 17.1 Å². The lowest BCUT2D eigenvalue weighted by Crippen LogP contribution is -2.44. The first-order valence-corrected chi connectivity index (χ1v) is 12.5. The Morgan fingerprint density at radius 2 is 1.97 bits per heavy atom. The first-order chi connectivity index (χ1) is 16.5. The summed E-state index contributed by atoms with van der Waals surface area (Å²) in [6, 6.07) is 11.1. The van der Waals surface area contributed by atoms with E-state index < -0.39 is 0 Å². The minimum absolute atomic E-state index is 0.0837.